The number of hydrogen-bond acceptors (Lipinski definition) is 6. The van der Waals surface area contributed by atoms with Crippen molar-refractivity contribution in [2.75, 3.05) is 13.2 Å². The van der Waals surface area contributed by atoms with Crippen LogP contribution in [0.2, 0.25) is 0 Å². The van der Waals surface area contributed by atoms with E-state index >= 15 is 0 Å². The Kier molecular flexibility index (Phi) is 5.43. The Morgan fingerprint density at radius 1 is 1.33 bits per heavy atom. The van der Waals surface area contributed by atoms with Gasteiger partial charge in [0.25, 0.3) is 11.8 Å². The Hall–Kier alpha value is -3.00. The number of amides is 2. The van der Waals surface area contributed by atoms with Crippen LogP contribution in [0.5, 0.6) is 5.75 Å². The van der Waals surface area contributed by atoms with Crippen LogP contribution >= 0.6 is 12.2 Å². The molecule has 0 atom stereocenters. The third-order valence-electron chi connectivity index (χ3n) is 3.05. The maximum atomic E-state index is 12.3. The zero-order valence-electron chi connectivity index (χ0n) is 12.5. The van der Waals surface area contributed by atoms with Gasteiger partial charge in [-0.3, -0.25) is 19.8 Å². The summed E-state index contributed by atoms with van der Waals surface area (Å²) in [5.74, 6) is -2.09. The first-order chi connectivity index (χ1) is 11.4. The summed E-state index contributed by atoms with van der Waals surface area (Å²) in [6, 6.07) is 6.21. The highest BCUT2D eigenvalue weighted by atomic mass is 32.1. The highest BCUT2D eigenvalue weighted by molar-refractivity contribution is 7.80. The van der Waals surface area contributed by atoms with E-state index in [4.69, 9.17) is 17.0 Å². The number of carboxylic acids is 1. The van der Waals surface area contributed by atoms with E-state index in [1.165, 1.54) is 29.2 Å². The predicted octanol–water partition coefficient (Wildman–Crippen LogP) is -0.372. The van der Waals surface area contributed by atoms with Crippen LogP contribution in [0.25, 0.3) is 6.08 Å². The van der Waals surface area contributed by atoms with Crippen molar-refractivity contribution in [1.82, 2.24) is 10.2 Å². The van der Waals surface area contributed by atoms with Gasteiger partial charge in [-0.2, -0.15) is 0 Å². The summed E-state index contributed by atoms with van der Waals surface area (Å²) >= 11 is 4.96. The van der Waals surface area contributed by atoms with Gasteiger partial charge in [-0.05, 0) is 36.0 Å². The van der Waals surface area contributed by atoms with Gasteiger partial charge in [0.2, 0.25) is 0 Å². The van der Waals surface area contributed by atoms with Crippen molar-refractivity contribution in [3.63, 3.8) is 0 Å². The Balaban J connectivity index is 2.20. The molecule has 0 aliphatic carbocycles. The second kappa shape index (κ2) is 7.51. The number of aliphatic carboxylic acids is 1. The first-order valence-electron chi connectivity index (χ1n) is 6.85. The van der Waals surface area contributed by atoms with Crippen LogP contribution < -0.4 is 15.2 Å². The number of rotatable bonds is 6. The summed E-state index contributed by atoms with van der Waals surface area (Å²) in [5, 5.41) is 12.8. The van der Waals surface area contributed by atoms with Crippen LogP contribution in [0.3, 0.4) is 0 Å². The molecule has 0 unspecified atom stereocenters. The number of nitrogens with zero attached hydrogens (tertiary/aromatic N) is 1. The first-order valence-corrected chi connectivity index (χ1v) is 7.25. The highest BCUT2D eigenvalue weighted by Crippen LogP contribution is 2.17. The second-order valence-corrected chi connectivity index (χ2v) is 5.14. The van der Waals surface area contributed by atoms with Crippen molar-refractivity contribution in [2.45, 2.75) is 0 Å². The van der Waals surface area contributed by atoms with Gasteiger partial charge in [0.05, 0.1) is 5.97 Å². The van der Waals surface area contributed by atoms with Crippen LogP contribution in [0.4, 0.5) is 0 Å². The van der Waals surface area contributed by atoms with Gasteiger partial charge in [-0.1, -0.05) is 18.2 Å². The topological polar surface area (TPSA) is 98.8 Å². The van der Waals surface area contributed by atoms with Crippen molar-refractivity contribution in [1.29, 1.82) is 0 Å². The lowest BCUT2D eigenvalue weighted by atomic mass is 10.1. The van der Waals surface area contributed by atoms with E-state index < -0.39 is 24.4 Å². The van der Waals surface area contributed by atoms with Crippen molar-refractivity contribution in [3.05, 3.63) is 48.1 Å². The first kappa shape index (κ1) is 17.4. The van der Waals surface area contributed by atoms with Gasteiger partial charge in [-0.15, -0.1) is 6.58 Å². The molecule has 1 N–H and O–H groups in total. The Morgan fingerprint density at radius 2 is 2.00 bits per heavy atom. The smallest absolute Gasteiger partial charge is 0.265 e. The number of hydrogen-bond donors (Lipinski definition) is 1. The zero-order chi connectivity index (χ0) is 17.7. The second-order valence-electron chi connectivity index (χ2n) is 4.75. The van der Waals surface area contributed by atoms with Crippen LogP contribution in [-0.4, -0.2) is 40.9 Å². The molecule has 0 radical (unpaired) electrons. The van der Waals surface area contributed by atoms with E-state index in [2.05, 4.69) is 11.9 Å². The number of ether oxygens (including phenoxy) is 1. The van der Waals surface area contributed by atoms with Crippen molar-refractivity contribution in [3.8, 4) is 5.75 Å². The highest BCUT2D eigenvalue weighted by Gasteiger charge is 2.32. The van der Waals surface area contributed by atoms with E-state index in [1.54, 1.807) is 12.1 Å². The SMILES string of the molecule is C=CCN1C(=O)/C(=C/c2ccc(OCC(=O)[O-])cc2)C(=O)NC1=S. The molecule has 2 rings (SSSR count). The molecule has 1 aliphatic rings. The van der Waals surface area contributed by atoms with Crippen molar-refractivity contribution < 1.29 is 24.2 Å². The molecule has 0 saturated carbocycles. The summed E-state index contributed by atoms with van der Waals surface area (Å²) in [6.45, 7) is 3.17. The molecule has 1 heterocycles. The molecule has 1 saturated heterocycles. The summed E-state index contributed by atoms with van der Waals surface area (Å²) in [4.78, 5) is 35.9. The molecular formula is C16H13N2O5S-. The third kappa shape index (κ3) is 4.05. The lowest BCUT2D eigenvalue weighted by Crippen LogP contribution is -2.53. The summed E-state index contributed by atoms with van der Waals surface area (Å²) < 4.78 is 4.95. The molecule has 8 heteroatoms. The monoisotopic (exact) mass is 345 g/mol. The van der Waals surface area contributed by atoms with E-state index in [-0.39, 0.29) is 17.2 Å². The normalized spacial score (nSPS) is 16.1. The minimum atomic E-state index is -1.33. The lowest BCUT2D eigenvalue weighted by molar-refractivity contribution is -0.307. The molecule has 2 amide bonds. The number of thiocarbonyl (C=S) groups is 1. The maximum Gasteiger partial charge on any atom is 0.265 e. The Bertz CT molecular complexity index is 739. The fourth-order valence-electron chi connectivity index (χ4n) is 1.96. The van der Waals surface area contributed by atoms with Crippen LogP contribution in [0.15, 0.2) is 42.5 Å². The van der Waals surface area contributed by atoms with Crippen LogP contribution in [0.1, 0.15) is 5.56 Å². The fourth-order valence-corrected chi connectivity index (χ4v) is 2.21. The summed E-state index contributed by atoms with van der Waals surface area (Å²) in [6.07, 6.45) is 2.92. The van der Waals surface area contributed by atoms with Gasteiger partial charge in [0.15, 0.2) is 5.11 Å². The summed E-state index contributed by atoms with van der Waals surface area (Å²) in [7, 11) is 0. The third-order valence-corrected chi connectivity index (χ3v) is 3.37. The van der Waals surface area contributed by atoms with Gasteiger partial charge in [-0.25, -0.2) is 0 Å². The van der Waals surface area contributed by atoms with Gasteiger partial charge in [0.1, 0.15) is 17.9 Å². The van der Waals surface area contributed by atoms with Crippen LogP contribution in [0, 0.1) is 0 Å². The molecule has 124 valence electrons. The average molecular weight is 345 g/mol. The Morgan fingerprint density at radius 3 is 2.58 bits per heavy atom. The summed E-state index contributed by atoms with van der Waals surface area (Å²) in [5.41, 5.74) is 0.509. The van der Waals surface area contributed by atoms with E-state index in [0.29, 0.717) is 11.3 Å². The van der Waals surface area contributed by atoms with Crippen molar-refractivity contribution in [2.24, 2.45) is 0 Å². The largest absolute Gasteiger partial charge is 0.546 e. The standard InChI is InChI=1S/C16H14N2O5S/c1-2-7-18-15(22)12(14(21)17-16(18)24)8-10-3-5-11(6-4-10)23-9-13(19)20/h2-6,8H,1,7,9H2,(H,19,20)(H,17,21,24)/p-1/b12-8+. The number of benzene rings is 1. The number of nitrogens with one attached hydrogen (secondary N) is 1. The van der Waals surface area contributed by atoms with Gasteiger partial charge < -0.3 is 14.6 Å². The molecule has 24 heavy (non-hydrogen) atoms. The minimum absolute atomic E-state index is 0.0353. The number of carbonyl (C=O) groups excluding carboxylic acids is 3. The van der Waals surface area contributed by atoms with E-state index in [9.17, 15) is 19.5 Å². The van der Waals surface area contributed by atoms with Crippen molar-refractivity contribution >= 4 is 41.2 Å². The lowest BCUT2D eigenvalue weighted by Gasteiger charge is -2.27. The van der Waals surface area contributed by atoms with E-state index in [1.807, 2.05) is 0 Å². The molecule has 1 fully saturated rings. The molecule has 0 bridgehead atoms. The van der Waals surface area contributed by atoms with E-state index in [0.717, 1.165) is 0 Å². The Labute approximate surface area is 143 Å². The molecule has 1 aromatic carbocycles. The maximum absolute atomic E-state index is 12.3. The van der Waals surface area contributed by atoms with Gasteiger partial charge in [0, 0.05) is 6.54 Å². The molecular weight excluding hydrogens is 332 g/mol. The molecule has 7 nitrogen and oxygen atoms in total. The van der Waals surface area contributed by atoms with Gasteiger partial charge >= 0.3 is 0 Å². The fraction of sp³-hybridized carbons (Fsp3) is 0.125. The van der Waals surface area contributed by atoms with Crippen LogP contribution in [-0.2, 0) is 14.4 Å². The minimum Gasteiger partial charge on any atom is -0.546 e. The molecule has 0 spiro atoms. The molecule has 1 aliphatic heterocycles. The molecule has 1 aromatic rings. The average Bonchev–Trinajstić information content (AvgIpc) is 2.54. The molecule has 0 aromatic heterocycles. The predicted molar refractivity (Wildman–Crippen MR) is 87.6 cm³/mol. The number of carboxylic acid groups (broad SMARTS) is 1. The zero-order valence-corrected chi connectivity index (χ0v) is 13.3. The quantitative estimate of drug-likeness (QED) is 0.327. The number of carbonyl (C=O) groups is 3.